The van der Waals surface area contributed by atoms with Crippen molar-refractivity contribution in [2.24, 2.45) is 0 Å². The smallest absolute Gasteiger partial charge is 0.247 e. The van der Waals surface area contributed by atoms with Crippen LogP contribution in [-0.4, -0.2) is 34.6 Å². The van der Waals surface area contributed by atoms with Crippen LogP contribution in [0.4, 0.5) is 5.69 Å². The van der Waals surface area contributed by atoms with Gasteiger partial charge in [0.05, 0.1) is 12.3 Å². The third-order valence-corrected chi connectivity index (χ3v) is 3.72. The number of aromatic nitrogens is 3. The summed E-state index contributed by atoms with van der Waals surface area (Å²) in [6.07, 6.45) is 5.48. The van der Waals surface area contributed by atoms with Crippen LogP contribution in [-0.2, 0) is 16.0 Å². The lowest BCUT2D eigenvalue weighted by Crippen LogP contribution is -2.07. The van der Waals surface area contributed by atoms with E-state index in [1.807, 2.05) is 30.5 Å². The first-order valence-corrected chi connectivity index (χ1v) is 7.56. The second-order valence-corrected chi connectivity index (χ2v) is 5.28. The van der Waals surface area contributed by atoms with E-state index in [1.54, 1.807) is 7.11 Å². The van der Waals surface area contributed by atoms with Crippen molar-refractivity contribution < 1.29 is 9.53 Å². The third kappa shape index (κ3) is 3.18. The van der Waals surface area contributed by atoms with Crippen molar-refractivity contribution in [2.45, 2.75) is 6.42 Å². The van der Waals surface area contributed by atoms with Gasteiger partial charge in [-0.1, -0.05) is 18.7 Å². The Morgan fingerprint density at radius 1 is 1.42 bits per heavy atom. The number of fused-ring (bicyclic) bond motifs is 1. The molecule has 0 aliphatic carbocycles. The average molecular weight is 322 g/mol. The molecule has 1 aromatic carbocycles. The minimum Gasteiger partial charge on any atom is -0.384 e. The molecule has 0 atom stereocenters. The molecule has 0 unspecified atom stereocenters. The van der Waals surface area contributed by atoms with Crippen molar-refractivity contribution in [3.63, 3.8) is 0 Å². The molecular formula is C18H18N4O2. The van der Waals surface area contributed by atoms with Crippen molar-refractivity contribution in [1.29, 1.82) is 0 Å². The van der Waals surface area contributed by atoms with Crippen LogP contribution in [0.3, 0.4) is 0 Å². The number of nitrogens with zero attached hydrogens (tertiary/aromatic N) is 2. The third-order valence-electron chi connectivity index (χ3n) is 3.72. The zero-order valence-corrected chi connectivity index (χ0v) is 13.4. The molecule has 122 valence electrons. The summed E-state index contributed by atoms with van der Waals surface area (Å²) in [4.78, 5) is 23.4. The van der Waals surface area contributed by atoms with E-state index < -0.39 is 0 Å². The zero-order valence-electron chi connectivity index (χ0n) is 13.4. The molecule has 2 aromatic heterocycles. The number of rotatable bonds is 6. The predicted molar refractivity (Wildman–Crippen MR) is 93.7 cm³/mol. The Balaban J connectivity index is 2.05. The van der Waals surface area contributed by atoms with Gasteiger partial charge in [-0.2, -0.15) is 0 Å². The Morgan fingerprint density at radius 3 is 3.08 bits per heavy atom. The van der Waals surface area contributed by atoms with Gasteiger partial charge in [0.1, 0.15) is 12.0 Å². The van der Waals surface area contributed by atoms with Crippen LogP contribution in [0, 0.1) is 0 Å². The first kappa shape index (κ1) is 15.9. The molecular weight excluding hydrogens is 304 g/mol. The number of hydrogen-bond acceptors (Lipinski definition) is 4. The number of nitrogens with one attached hydrogen (secondary N) is 2. The van der Waals surface area contributed by atoms with E-state index in [2.05, 4.69) is 26.8 Å². The monoisotopic (exact) mass is 322 g/mol. The van der Waals surface area contributed by atoms with E-state index in [-0.39, 0.29) is 5.91 Å². The van der Waals surface area contributed by atoms with Gasteiger partial charge in [0.25, 0.3) is 0 Å². The molecule has 6 nitrogen and oxygen atoms in total. The molecule has 0 bridgehead atoms. The van der Waals surface area contributed by atoms with E-state index in [4.69, 9.17) is 4.74 Å². The highest BCUT2D eigenvalue weighted by atomic mass is 16.5. The molecule has 0 fully saturated rings. The highest BCUT2D eigenvalue weighted by molar-refractivity contribution is 6.00. The van der Waals surface area contributed by atoms with E-state index in [1.165, 1.54) is 12.4 Å². The van der Waals surface area contributed by atoms with Crippen LogP contribution < -0.4 is 5.32 Å². The minimum atomic E-state index is -0.248. The molecule has 2 N–H and O–H groups in total. The fraction of sp³-hybridized carbons (Fsp3) is 0.167. The molecule has 1 amide bonds. The summed E-state index contributed by atoms with van der Waals surface area (Å²) in [7, 11) is 1.68. The van der Waals surface area contributed by atoms with Gasteiger partial charge in [0.15, 0.2) is 0 Å². The largest absolute Gasteiger partial charge is 0.384 e. The number of aromatic amines is 1. The highest BCUT2D eigenvalue weighted by Crippen LogP contribution is 2.29. The maximum absolute atomic E-state index is 11.5. The van der Waals surface area contributed by atoms with Gasteiger partial charge in [-0.25, -0.2) is 9.97 Å². The van der Waals surface area contributed by atoms with Crippen LogP contribution in [0.15, 0.2) is 49.4 Å². The summed E-state index contributed by atoms with van der Waals surface area (Å²) in [6, 6.07) is 7.55. The number of methoxy groups -OCH3 is 1. The summed E-state index contributed by atoms with van der Waals surface area (Å²) < 4.78 is 5.17. The summed E-state index contributed by atoms with van der Waals surface area (Å²) in [6.45, 7) is 4.08. The fourth-order valence-corrected chi connectivity index (χ4v) is 2.59. The highest BCUT2D eigenvalue weighted by Gasteiger charge is 2.13. The molecule has 0 saturated carbocycles. The van der Waals surface area contributed by atoms with Gasteiger partial charge in [0, 0.05) is 29.9 Å². The number of anilines is 1. The van der Waals surface area contributed by atoms with Gasteiger partial charge in [0.2, 0.25) is 5.91 Å². The van der Waals surface area contributed by atoms with Crippen molar-refractivity contribution in [1.82, 2.24) is 15.0 Å². The molecule has 6 heteroatoms. The number of hydrogen-bond donors (Lipinski definition) is 2. The predicted octanol–water partition coefficient (Wildman–Crippen LogP) is 2.94. The lowest BCUT2D eigenvalue weighted by atomic mass is 10.0. The number of amides is 1. The Kier molecular flexibility index (Phi) is 4.67. The number of carbonyl (C=O) groups excluding carboxylic acids is 1. The molecule has 3 aromatic rings. The van der Waals surface area contributed by atoms with Crippen LogP contribution in [0.1, 0.15) is 5.56 Å². The quantitative estimate of drug-likeness (QED) is 0.684. The number of benzene rings is 1. The Morgan fingerprint density at radius 2 is 2.29 bits per heavy atom. The van der Waals surface area contributed by atoms with Crippen molar-refractivity contribution in [3.8, 4) is 11.3 Å². The van der Waals surface area contributed by atoms with Gasteiger partial charge >= 0.3 is 0 Å². The van der Waals surface area contributed by atoms with E-state index in [0.29, 0.717) is 12.3 Å². The average Bonchev–Trinajstić information content (AvgIpc) is 3.03. The van der Waals surface area contributed by atoms with Crippen LogP contribution in [0.5, 0.6) is 0 Å². The molecule has 0 spiro atoms. The lowest BCUT2D eigenvalue weighted by Gasteiger charge is -2.08. The molecule has 0 aliphatic heterocycles. The maximum Gasteiger partial charge on any atom is 0.247 e. The summed E-state index contributed by atoms with van der Waals surface area (Å²) in [5.74, 6) is -0.248. The maximum atomic E-state index is 11.5. The first-order valence-electron chi connectivity index (χ1n) is 7.56. The van der Waals surface area contributed by atoms with Crippen molar-refractivity contribution in [3.05, 3.63) is 55.0 Å². The normalized spacial score (nSPS) is 10.7. The number of ether oxygens (including phenoxy) is 1. The lowest BCUT2D eigenvalue weighted by molar-refractivity contribution is -0.111. The zero-order chi connectivity index (χ0) is 16.9. The van der Waals surface area contributed by atoms with E-state index >= 15 is 0 Å². The summed E-state index contributed by atoms with van der Waals surface area (Å²) in [5, 5.41) is 3.74. The second kappa shape index (κ2) is 7.06. The van der Waals surface area contributed by atoms with Crippen LogP contribution in [0.2, 0.25) is 0 Å². The first-order chi connectivity index (χ1) is 11.7. The Hall–Kier alpha value is -2.99. The summed E-state index contributed by atoms with van der Waals surface area (Å²) >= 11 is 0. The number of carbonyl (C=O) groups is 1. The SMILES string of the molecule is C=CC(=O)Nc1cccc(-c2ncnc3[nH]cc(CCOC)c23)c1. The second-order valence-electron chi connectivity index (χ2n) is 5.28. The standard InChI is InChI=1S/C18H18N4O2/c1-3-15(23)22-14-6-4-5-12(9-14)17-16-13(7-8-24-2)10-19-18(16)21-11-20-17/h3-6,9-11H,1,7-8H2,2H3,(H,22,23)(H,19,20,21). The van der Waals surface area contributed by atoms with E-state index in [0.717, 1.165) is 34.3 Å². The molecule has 24 heavy (non-hydrogen) atoms. The summed E-state index contributed by atoms with van der Waals surface area (Å²) in [5.41, 5.74) is 4.30. The van der Waals surface area contributed by atoms with E-state index in [9.17, 15) is 4.79 Å². The molecule has 0 radical (unpaired) electrons. The van der Waals surface area contributed by atoms with Gasteiger partial charge in [-0.05, 0) is 30.2 Å². The minimum absolute atomic E-state index is 0.248. The van der Waals surface area contributed by atoms with Gasteiger partial charge < -0.3 is 15.0 Å². The van der Waals surface area contributed by atoms with Crippen molar-refractivity contribution >= 4 is 22.6 Å². The van der Waals surface area contributed by atoms with Crippen molar-refractivity contribution in [2.75, 3.05) is 19.0 Å². The molecule has 0 aliphatic rings. The number of H-pyrrole nitrogens is 1. The van der Waals surface area contributed by atoms with Crippen LogP contribution >= 0.6 is 0 Å². The Labute approximate surface area is 139 Å². The van der Waals surface area contributed by atoms with Crippen LogP contribution in [0.25, 0.3) is 22.3 Å². The molecule has 2 heterocycles. The van der Waals surface area contributed by atoms with Gasteiger partial charge in [-0.3, -0.25) is 4.79 Å². The topological polar surface area (TPSA) is 79.9 Å². The van der Waals surface area contributed by atoms with Gasteiger partial charge in [-0.15, -0.1) is 0 Å². The fourth-order valence-electron chi connectivity index (χ4n) is 2.59. The molecule has 0 saturated heterocycles. The molecule has 3 rings (SSSR count). The Bertz CT molecular complexity index is 886.